The van der Waals surface area contributed by atoms with Gasteiger partial charge >= 0.3 is 0 Å². The average molecular weight is 385 g/mol. The first-order chi connectivity index (χ1) is 12.7. The van der Waals surface area contributed by atoms with Crippen LogP contribution in [0.3, 0.4) is 0 Å². The van der Waals surface area contributed by atoms with Gasteiger partial charge in [-0.05, 0) is 41.9 Å². The Balaban J connectivity index is 1.48. The number of rotatable bonds is 5. The predicted octanol–water partition coefficient (Wildman–Crippen LogP) is 4.44. The third-order valence-electron chi connectivity index (χ3n) is 4.50. The van der Waals surface area contributed by atoms with Gasteiger partial charge in [0, 0.05) is 13.1 Å². The summed E-state index contributed by atoms with van der Waals surface area (Å²) in [6, 6.07) is 16.4. The molecule has 1 aromatic heterocycles. The lowest BCUT2D eigenvalue weighted by Crippen LogP contribution is -2.32. The second-order valence-corrected chi connectivity index (χ2v) is 7.83. The number of hydrogen-bond acceptors (Lipinski definition) is 6. The second kappa shape index (κ2) is 7.57. The van der Waals surface area contributed by atoms with E-state index in [0.717, 1.165) is 40.0 Å². The van der Waals surface area contributed by atoms with Crippen LogP contribution in [-0.4, -0.2) is 28.3 Å². The van der Waals surface area contributed by atoms with E-state index in [2.05, 4.69) is 39.6 Å². The molecule has 0 spiro atoms. The smallest absolute Gasteiger partial charge is 0.209 e. The summed E-state index contributed by atoms with van der Waals surface area (Å²) < 4.78 is 8.04. The van der Waals surface area contributed by atoms with Crippen LogP contribution in [0.2, 0.25) is 0 Å². The highest BCUT2D eigenvalue weighted by molar-refractivity contribution is 7.73. The Morgan fingerprint density at radius 3 is 2.77 bits per heavy atom. The van der Waals surface area contributed by atoms with Crippen molar-refractivity contribution < 1.29 is 4.74 Å². The van der Waals surface area contributed by atoms with Crippen LogP contribution in [0.5, 0.6) is 5.75 Å². The molecule has 0 aliphatic carbocycles. The Hall–Kier alpha value is -2.22. The first-order valence-electron chi connectivity index (χ1n) is 8.50. The fourth-order valence-electron chi connectivity index (χ4n) is 3.17. The Kier molecular flexibility index (Phi) is 5.01. The largest absolute Gasteiger partial charge is 0.495 e. The summed E-state index contributed by atoms with van der Waals surface area (Å²) in [5, 5.41) is 8.74. The van der Waals surface area contributed by atoms with Crippen LogP contribution in [0.4, 0.5) is 10.8 Å². The van der Waals surface area contributed by atoms with Crippen molar-refractivity contribution in [1.29, 1.82) is 0 Å². The molecule has 0 amide bonds. The first-order valence-corrected chi connectivity index (χ1v) is 9.72. The monoisotopic (exact) mass is 384 g/mol. The molecule has 0 radical (unpaired) electrons. The molecular weight excluding hydrogens is 364 g/mol. The molecule has 1 aliphatic heterocycles. The maximum absolute atomic E-state index is 5.52. The molecule has 0 atom stereocenters. The van der Waals surface area contributed by atoms with E-state index in [1.165, 1.54) is 22.5 Å². The number of nitrogens with zero attached hydrogens (tertiary/aromatic N) is 3. The zero-order valence-electron chi connectivity index (χ0n) is 14.5. The molecule has 0 unspecified atom stereocenters. The summed E-state index contributed by atoms with van der Waals surface area (Å²) in [5.41, 5.74) is 3.73. The number of methoxy groups -OCH3 is 1. The molecule has 1 aliphatic rings. The summed E-state index contributed by atoms with van der Waals surface area (Å²) in [6.45, 7) is 2.66. The minimum Gasteiger partial charge on any atom is -0.495 e. The molecule has 2 aromatic carbocycles. The van der Waals surface area contributed by atoms with E-state index in [-0.39, 0.29) is 0 Å². The van der Waals surface area contributed by atoms with Gasteiger partial charge in [-0.1, -0.05) is 47.7 Å². The number of benzene rings is 2. The molecule has 3 aromatic rings. The highest BCUT2D eigenvalue weighted by atomic mass is 32.1. The molecule has 26 heavy (non-hydrogen) atoms. The van der Waals surface area contributed by atoms with Crippen molar-refractivity contribution in [1.82, 2.24) is 14.7 Å². The van der Waals surface area contributed by atoms with Gasteiger partial charge in [0.05, 0.1) is 19.5 Å². The normalized spacial score (nSPS) is 14.0. The standard InChI is InChI=1S/C19H20N4OS2/c1-24-17-9-5-4-8-16(17)20-18-21-23(19(25)26-18)13-22-11-10-14-6-2-3-7-15(14)12-22/h2-9H,10-13H2,1H3,(H,20,21). The van der Waals surface area contributed by atoms with Crippen molar-refractivity contribution in [3.63, 3.8) is 0 Å². The fraction of sp³-hybridized carbons (Fsp3) is 0.263. The summed E-state index contributed by atoms with van der Waals surface area (Å²) in [4.78, 5) is 2.38. The zero-order chi connectivity index (χ0) is 17.9. The van der Waals surface area contributed by atoms with E-state index in [0.29, 0.717) is 6.67 Å². The van der Waals surface area contributed by atoms with Crippen molar-refractivity contribution in [2.75, 3.05) is 19.0 Å². The summed E-state index contributed by atoms with van der Waals surface area (Å²) in [6.07, 6.45) is 1.07. The number of para-hydroxylation sites is 2. The third kappa shape index (κ3) is 3.65. The van der Waals surface area contributed by atoms with Gasteiger partial charge < -0.3 is 10.1 Å². The average Bonchev–Trinajstić information content (AvgIpc) is 3.01. The predicted molar refractivity (Wildman–Crippen MR) is 108 cm³/mol. The quantitative estimate of drug-likeness (QED) is 0.659. The maximum atomic E-state index is 5.52. The van der Waals surface area contributed by atoms with E-state index < -0.39 is 0 Å². The summed E-state index contributed by atoms with van der Waals surface area (Å²) in [7, 11) is 1.66. The zero-order valence-corrected chi connectivity index (χ0v) is 16.1. The van der Waals surface area contributed by atoms with Crippen LogP contribution in [0, 0.1) is 3.95 Å². The Morgan fingerprint density at radius 1 is 1.15 bits per heavy atom. The summed E-state index contributed by atoms with van der Waals surface area (Å²) >= 11 is 6.99. The van der Waals surface area contributed by atoms with Crippen molar-refractivity contribution in [2.45, 2.75) is 19.6 Å². The van der Waals surface area contributed by atoms with Crippen LogP contribution >= 0.6 is 23.6 Å². The van der Waals surface area contributed by atoms with E-state index >= 15 is 0 Å². The van der Waals surface area contributed by atoms with Crippen LogP contribution in [0.25, 0.3) is 0 Å². The van der Waals surface area contributed by atoms with E-state index in [1.807, 2.05) is 28.9 Å². The van der Waals surface area contributed by atoms with Gasteiger partial charge in [-0.2, -0.15) is 0 Å². The fourth-order valence-corrected chi connectivity index (χ4v) is 4.18. The number of aromatic nitrogens is 2. The van der Waals surface area contributed by atoms with Crippen LogP contribution < -0.4 is 10.1 Å². The molecule has 4 rings (SSSR count). The lowest BCUT2D eigenvalue weighted by Gasteiger charge is -2.28. The van der Waals surface area contributed by atoms with Gasteiger partial charge in [0.25, 0.3) is 0 Å². The minimum atomic E-state index is 0.706. The maximum Gasteiger partial charge on any atom is 0.209 e. The van der Waals surface area contributed by atoms with Crippen molar-refractivity contribution >= 4 is 34.4 Å². The molecule has 0 saturated carbocycles. The first kappa shape index (κ1) is 17.2. The Bertz CT molecular complexity index is 966. The molecule has 0 saturated heterocycles. The van der Waals surface area contributed by atoms with Crippen LogP contribution in [-0.2, 0) is 19.6 Å². The molecule has 5 nitrogen and oxygen atoms in total. The van der Waals surface area contributed by atoms with E-state index in [9.17, 15) is 0 Å². The van der Waals surface area contributed by atoms with Crippen LogP contribution in [0.1, 0.15) is 11.1 Å². The minimum absolute atomic E-state index is 0.706. The van der Waals surface area contributed by atoms with Gasteiger partial charge in [0.1, 0.15) is 5.75 Å². The van der Waals surface area contributed by atoms with Crippen molar-refractivity contribution in [3.05, 3.63) is 63.6 Å². The number of anilines is 2. The van der Waals surface area contributed by atoms with Gasteiger partial charge in [-0.15, -0.1) is 5.10 Å². The third-order valence-corrected chi connectivity index (χ3v) is 5.72. The molecular formula is C19H20N4OS2. The lowest BCUT2D eigenvalue weighted by atomic mass is 10.0. The number of ether oxygens (including phenoxy) is 1. The molecule has 1 N–H and O–H groups in total. The van der Waals surface area contributed by atoms with Gasteiger partial charge in [-0.3, -0.25) is 4.90 Å². The van der Waals surface area contributed by atoms with Crippen molar-refractivity contribution in [3.8, 4) is 5.75 Å². The van der Waals surface area contributed by atoms with Crippen LogP contribution in [0.15, 0.2) is 48.5 Å². The van der Waals surface area contributed by atoms with E-state index in [4.69, 9.17) is 17.0 Å². The van der Waals surface area contributed by atoms with E-state index in [1.54, 1.807) is 7.11 Å². The Morgan fingerprint density at radius 2 is 1.92 bits per heavy atom. The molecule has 134 valence electrons. The van der Waals surface area contributed by atoms with Gasteiger partial charge in [-0.25, -0.2) is 4.68 Å². The molecule has 7 heteroatoms. The highest BCUT2D eigenvalue weighted by Crippen LogP contribution is 2.28. The second-order valence-electron chi connectivity index (χ2n) is 6.21. The SMILES string of the molecule is COc1ccccc1Nc1nn(CN2CCc3ccccc3C2)c(=S)s1. The van der Waals surface area contributed by atoms with Crippen molar-refractivity contribution in [2.24, 2.45) is 0 Å². The molecule has 0 bridgehead atoms. The summed E-state index contributed by atoms with van der Waals surface area (Å²) in [5.74, 6) is 0.785. The highest BCUT2D eigenvalue weighted by Gasteiger charge is 2.17. The number of fused-ring (bicyclic) bond motifs is 1. The Labute approximate surface area is 161 Å². The lowest BCUT2D eigenvalue weighted by molar-refractivity contribution is 0.189. The van der Waals surface area contributed by atoms with Gasteiger partial charge in [0.2, 0.25) is 5.13 Å². The molecule has 2 heterocycles. The topological polar surface area (TPSA) is 42.3 Å². The molecule has 0 fully saturated rings. The number of nitrogens with one attached hydrogen (secondary N) is 1. The van der Waals surface area contributed by atoms with Gasteiger partial charge in [0.15, 0.2) is 3.95 Å². The number of hydrogen-bond donors (Lipinski definition) is 1.